The smallest absolute Gasteiger partial charge is 0.265 e. The van der Waals surface area contributed by atoms with Crippen LogP contribution in [0.5, 0.6) is 0 Å². The van der Waals surface area contributed by atoms with Gasteiger partial charge in [0, 0.05) is 31.2 Å². The molecular formula is C14H17N5O. The van der Waals surface area contributed by atoms with Crippen LogP contribution in [0.1, 0.15) is 17.5 Å². The van der Waals surface area contributed by atoms with Crippen molar-refractivity contribution in [3.05, 3.63) is 41.9 Å². The van der Waals surface area contributed by atoms with Crippen molar-refractivity contribution in [1.82, 2.24) is 15.1 Å². The van der Waals surface area contributed by atoms with E-state index in [2.05, 4.69) is 21.2 Å². The lowest BCUT2D eigenvalue weighted by Crippen LogP contribution is -2.15. The maximum Gasteiger partial charge on any atom is 0.265 e. The average molecular weight is 271 g/mol. The van der Waals surface area contributed by atoms with Crippen molar-refractivity contribution in [3.8, 4) is 0 Å². The third kappa shape index (κ3) is 2.25. The van der Waals surface area contributed by atoms with Gasteiger partial charge in [0.25, 0.3) is 5.95 Å². The van der Waals surface area contributed by atoms with Gasteiger partial charge in [-0.05, 0) is 23.2 Å². The molecule has 3 rings (SSSR count). The molecular weight excluding hydrogens is 254 g/mol. The number of H-pyrrole nitrogens is 1. The number of rotatable bonds is 4. The number of aromatic nitrogens is 3. The molecule has 0 saturated carbocycles. The predicted molar refractivity (Wildman–Crippen MR) is 77.6 cm³/mol. The van der Waals surface area contributed by atoms with Gasteiger partial charge in [0.2, 0.25) is 5.89 Å². The summed E-state index contributed by atoms with van der Waals surface area (Å²) in [5, 5.41) is 5.06. The molecule has 1 aromatic carbocycles. The van der Waals surface area contributed by atoms with E-state index >= 15 is 0 Å². The van der Waals surface area contributed by atoms with Gasteiger partial charge in [-0.1, -0.05) is 18.2 Å². The van der Waals surface area contributed by atoms with Crippen LogP contribution in [-0.2, 0) is 6.42 Å². The Morgan fingerprint density at radius 3 is 2.90 bits per heavy atom. The summed E-state index contributed by atoms with van der Waals surface area (Å²) in [5.41, 5.74) is 8.42. The minimum absolute atomic E-state index is 0.310. The summed E-state index contributed by atoms with van der Waals surface area (Å²) < 4.78 is 5.21. The first-order chi connectivity index (χ1) is 9.65. The largest absolute Gasteiger partial charge is 0.361 e. The molecule has 2 aromatic heterocycles. The fraction of sp³-hybridized carbons (Fsp3) is 0.286. The molecule has 20 heavy (non-hydrogen) atoms. The van der Waals surface area contributed by atoms with Crippen molar-refractivity contribution in [2.75, 3.05) is 19.0 Å². The highest BCUT2D eigenvalue weighted by atomic mass is 16.5. The Bertz CT molecular complexity index is 715. The zero-order valence-corrected chi connectivity index (χ0v) is 11.5. The number of fused-ring (bicyclic) bond motifs is 1. The second-order valence-corrected chi connectivity index (χ2v) is 5.00. The molecule has 0 aliphatic rings. The molecule has 0 fully saturated rings. The summed E-state index contributed by atoms with van der Waals surface area (Å²) in [7, 11) is 3.72. The summed E-state index contributed by atoms with van der Waals surface area (Å²) >= 11 is 0. The van der Waals surface area contributed by atoms with E-state index in [4.69, 9.17) is 10.3 Å². The molecule has 3 N–H and O–H groups in total. The average Bonchev–Trinajstić information content (AvgIpc) is 3.06. The molecule has 1 atom stereocenters. The van der Waals surface area contributed by atoms with E-state index in [1.54, 1.807) is 4.90 Å². The maximum atomic E-state index is 6.16. The van der Waals surface area contributed by atoms with Crippen molar-refractivity contribution in [1.29, 1.82) is 0 Å². The van der Waals surface area contributed by atoms with Gasteiger partial charge >= 0.3 is 0 Å². The Labute approximate surface area is 116 Å². The van der Waals surface area contributed by atoms with Gasteiger partial charge < -0.3 is 20.1 Å². The molecule has 0 aliphatic heterocycles. The molecule has 2 heterocycles. The SMILES string of the molecule is CN(C)c1noc([C@H](N)Cc2c[nH]c3ccccc23)n1. The highest BCUT2D eigenvalue weighted by Crippen LogP contribution is 2.23. The third-order valence-electron chi connectivity index (χ3n) is 3.26. The number of nitrogens with zero attached hydrogens (tertiary/aromatic N) is 3. The Morgan fingerprint density at radius 1 is 1.35 bits per heavy atom. The minimum Gasteiger partial charge on any atom is -0.361 e. The van der Waals surface area contributed by atoms with Gasteiger partial charge in [-0.15, -0.1) is 0 Å². The van der Waals surface area contributed by atoms with E-state index in [0.717, 1.165) is 11.1 Å². The van der Waals surface area contributed by atoms with Crippen LogP contribution in [0, 0.1) is 0 Å². The van der Waals surface area contributed by atoms with E-state index in [-0.39, 0.29) is 6.04 Å². The zero-order chi connectivity index (χ0) is 14.1. The number of nitrogens with one attached hydrogen (secondary N) is 1. The summed E-state index contributed by atoms with van der Waals surface area (Å²) in [6, 6.07) is 7.83. The number of hydrogen-bond donors (Lipinski definition) is 2. The summed E-state index contributed by atoms with van der Waals surface area (Å²) in [5.74, 6) is 0.994. The van der Waals surface area contributed by atoms with Crippen LogP contribution in [0.3, 0.4) is 0 Å². The van der Waals surface area contributed by atoms with E-state index in [9.17, 15) is 0 Å². The molecule has 3 aromatic rings. The maximum absolute atomic E-state index is 6.16. The van der Waals surface area contributed by atoms with Crippen molar-refractivity contribution >= 4 is 16.9 Å². The molecule has 0 aliphatic carbocycles. The van der Waals surface area contributed by atoms with Crippen LogP contribution in [0.4, 0.5) is 5.95 Å². The number of anilines is 1. The Kier molecular flexibility index (Phi) is 3.15. The quantitative estimate of drug-likeness (QED) is 0.756. The lowest BCUT2D eigenvalue weighted by Gasteiger charge is -2.06. The fourth-order valence-corrected chi connectivity index (χ4v) is 2.18. The van der Waals surface area contributed by atoms with E-state index in [0.29, 0.717) is 18.3 Å². The highest BCUT2D eigenvalue weighted by molar-refractivity contribution is 5.83. The molecule has 6 heteroatoms. The molecule has 0 radical (unpaired) electrons. The van der Waals surface area contributed by atoms with Crippen molar-refractivity contribution < 1.29 is 4.52 Å². The molecule has 0 amide bonds. The topological polar surface area (TPSA) is 84.0 Å². The highest BCUT2D eigenvalue weighted by Gasteiger charge is 2.17. The van der Waals surface area contributed by atoms with Gasteiger partial charge in [0.05, 0.1) is 6.04 Å². The molecule has 0 spiro atoms. The Balaban J connectivity index is 1.82. The first-order valence-electron chi connectivity index (χ1n) is 6.46. The fourth-order valence-electron chi connectivity index (χ4n) is 2.18. The number of para-hydroxylation sites is 1. The van der Waals surface area contributed by atoms with E-state index in [1.807, 2.05) is 38.5 Å². The summed E-state index contributed by atoms with van der Waals surface area (Å²) in [6.45, 7) is 0. The first kappa shape index (κ1) is 12.7. The number of hydrogen-bond acceptors (Lipinski definition) is 5. The number of nitrogens with two attached hydrogens (primary N) is 1. The van der Waals surface area contributed by atoms with Gasteiger partial charge in [0.15, 0.2) is 0 Å². The van der Waals surface area contributed by atoms with Gasteiger partial charge in [-0.3, -0.25) is 0 Å². The van der Waals surface area contributed by atoms with Gasteiger partial charge in [-0.25, -0.2) is 0 Å². The minimum atomic E-state index is -0.310. The van der Waals surface area contributed by atoms with Crippen LogP contribution >= 0.6 is 0 Å². The summed E-state index contributed by atoms with van der Waals surface area (Å²) in [4.78, 5) is 9.30. The second-order valence-electron chi connectivity index (χ2n) is 5.00. The Hall–Kier alpha value is -2.34. The van der Waals surface area contributed by atoms with Gasteiger partial charge in [-0.2, -0.15) is 4.98 Å². The third-order valence-corrected chi connectivity index (χ3v) is 3.26. The predicted octanol–water partition coefficient (Wildman–Crippen LogP) is 1.86. The van der Waals surface area contributed by atoms with Crippen molar-refractivity contribution in [2.24, 2.45) is 5.73 Å². The number of benzene rings is 1. The zero-order valence-electron chi connectivity index (χ0n) is 11.5. The molecule has 104 valence electrons. The standard InChI is InChI=1S/C14H17N5O/c1-19(2)14-17-13(20-18-14)11(15)7-9-8-16-12-6-4-3-5-10(9)12/h3-6,8,11,16H,7,15H2,1-2H3/t11-/m1/s1. The lowest BCUT2D eigenvalue weighted by atomic mass is 10.1. The van der Waals surface area contributed by atoms with Crippen LogP contribution in [0.25, 0.3) is 10.9 Å². The molecule has 0 bridgehead atoms. The van der Waals surface area contributed by atoms with Crippen LogP contribution in [0.15, 0.2) is 35.0 Å². The Morgan fingerprint density at radius 2 is 2.15 bits per heavy atom. The lowest BCUT2D eigenvalue weighted by molar-refractivity contribution is 0.354. The van der Waals surface area contributed by atoms with Crippen LogP contribution < -0.4 is 10.6 Å². The van der Waals surface area contributed by atoms with Crippen LogP contribution in [0.2, 0.25) is 0 Å². The normalized spacial score (nSPS) is 12.8. The monoisotopic (exact) mass is 271 g/mol. The van der Waals surface area contributed by atoms with E-state index in [1.165, 1.54) is 5.39 Å². The van der Waals surface area contributed by atoms with Crippen LogP contribution in [-0.4, -0.2) is 29.2 Å². The summed E-state index contributed by atoms with van der Waals surface area (Å²) in [6.07, 6.45) is 2.63. The van der Waals surface area contributed by atoms with Crippen molar-refractivity contribution in [3.63, 3.8) is 0 Å². The molecule has 6 nitrogen and oxygen atoms in total. The number of aromatic amines is 1. The van der Waals surface area contributed by atoms with Gasteiger partial charge in [0.1, 0.15) is 0 Å². The molecule has 0 unspecified atom stereocenters. The first-order valence-corrected chi connectivity index (χ1v) is 6.46. The molecule has 0 saturated heterocycles. The second kappa shape index (κ2) is 4.97. The van der Waals surface area contributed by atoms with Crippen molar-refractivity contribution in [2.45, 2.75) is 12.5 Å². The van der Waals surface area contributed by atoms with E-state index < -0.39 is 0 Å².